The SMILES string of the molecule is C=C(CC)[C@@H]([C@@H](CC(=O)N1CCC[C@H]1[C@H](OC)[C@@H](C)C(=O)NC(Cc1ccccc1)C(=O)O)OC)N(C)C(=O)[C@@H](NC(=O)[C@H](C(C)C)N(C)C)C(C)C. The van der Waals surface area contributed by atoms with E-state index in [1.54, 1.807) is 23.8 Å². The Hall–Kier alpha value is -3.81. The largest absolute Gasteiger partial charge is 0.480 e. The normalized spacial score (nSPS) is 18.5. The minimum atomic E-state index is -1.14. The molecule has 1 unspecified atom stereocenters. The molecule has 0 spiro atoms. The van der Waals surface area contributed by atoms with Crippen LogP contribution in [0.3, 0.4) is 0 Å². The van der Waals surface area contributed by atoms with Crippen LogP contribution in [0.25, 0.3) is 0 Å². The van der Waals surface area contributed by atoms with E-state index in [9.17, 15) is 29.1 Å². The molecule has 1 fully saturated rings. The lowest BCUT2D eigenvalue weighted by molar-refractivity contribution is -0.146. The Labute approximate surface area is 316 Å². The van der Waals surface area contributed by atoms with Crippen LogP contribution in [-0.4, -0.2) is 134 Å². The van der Waals surface area contributed by atoms with E-state index < -0.39 is 60.2 Å². The smallest absolute Gasteiger partial charge is 0.326 e. The number of likely N-dealkylation sites (N-methyl/N-ethyl adjacent to an activating group) is 2. The molecule has 13 heteroatoms. The summed E-state index contributed by atoms with van der Waals surface area (Å²) in [5, 5.41) is 15.5. The van der Waals surface area contributed by atoms with E-state index in [0.717, 1.165) is 5.56 Å². The number of aliphatic carboxylic acids is 1. The number of likely N-dealkylation sites (tertiary alicyclic amines) is 1. The molecule has 0 radical (unpaired) electrons. The van der Waals surface area contributed by atoms with Crippen molar-refractivity contribution < 1.29 is 38.6 Å². The number of carbonyl (C=O) groups is 5. The summed E-state index contributed by atoms with van der Waals surface area (Å²) in [7, 11) is 8.31. The second kappa shape index (κ2) is 21.2. The van der Waals surface area contributed by atoms with Gasteiger partial charge in [0, 0.05) is 34.2 Å². The Morgan fingerprint density at radius 3 is 2.04 bits per heavy atom. The monoisotopic (exact) mass is 743 g/mol. The number of carbonyl (C=O) groups excluding carboxylic acids is 4. The van der Waals surface area contributed by atoms with E-state index in [1.165, 1.54) is 14.2 Å². The maximum absolute atomic E-state index is 14.2. The highest BCUT2D eigenvalue weighted by Crippen LogP contribution is 2.29. The third kappa shape index (κ3) is 12.1. The number of rotatable bonds is 21. The Kier molecular flexibility index (Phi) is 18.1. The van der Waals surface area contributed by atoms with Crippen LogP contribution in [0.4, 0.5) is 0 Å². The standard InChI is InChI=1S/C40H65N5O8/c1-13-26(6)35(44(10)39(49)33(24(2)3)42-38(48)34(25(4)5)43(8)9)31(52-11)23-32(46)45-21-17-20-30(45)36(53-12)27(7)37(47)41-29(40(50)51)22-28-18-15-14-16-19-28/h14-16,18-19,24-25,27,29-31,33-36H,6,13,17,20-23H2,1-5,7-12H3,(H,41,47)(H,42,48)(H,50,51)/t27-,29?,30+,31-,33+,34+,35+,36-/m1/s1. The fraction of sp³-hybridized carbons (Fsp3) is 0.675. The van der Waals surface area contributed by atoms with Crippen molar-refractivity contribution in [2.45, 2.75) is 116 Å². The fourth-order valence-corrected chi connectivity index (χ4v) is 7.49. The molecule has 0 saturated carbocycles. The molecular formula is C40H65N5O8. The number of hydrogen-bond acceptors (Lipinski definition) is 8. The number of carboxylic acid groups (broad SMARTS) is 1. The second-order valence-corrected chi connectivity index (χ2v) is 15.1. The van der Waals surface area contributed by atoms with Gasteiger partial charge in [0.2, 0.25) is 23.6 Å². The Balaban J connectivity index is 2.28. The lowest BCUT2D eigenvalue weighted by atomic mass is 9.92. The van der Waals surface area contributed by atoms with Gasteiger partial charge in [-0.2, -0.15) is 0 Å². The molecule has 0 bridgehead atoms. The van der Waals surface area contributed by atoms with Crippen molar-refractivity contribution in [3.63, 3.8) is 0 Å². The van der Waals surface area contributed by atoms with Crippen LogP contribution in [0.2, 0.25) is 0 Å². The first-order valence-corrected chi connectivity index (χ1v) is 18.7. The van der Waals surface area contributed by atoms with Gasteiger partial charge >= 0.3 is 5.97 Å². The van der Waals surface area contributed by atoms with Gasteiger partial charge in [0.25, 0.3) is 0 Å². The summed E-state index contributed by atoms with van der Waals surface area (Å²) in [5.41, 5.74) is 1.48. The topological polar surface area (TPSA) is 158 Å². The third-order valence-corrected chi connectivity index (χ3v) is 10.4. The molecule has 1 aliphatic rings. The maximum atomic E-state index is 14.2. The molecule has 8 atom stereocenters. The van der Waals surface area contributed by atoms with Gasteiger partial charge in [-0.3, -0.25) is 24.1 Å². The number of nitrogens with one attached hydrogen (secondary N) is 2. The first kappa shape index (κ1) is 45.3. The summed E-state index contributed by atoms with van der Waals surface area (Å²) >= 11 is 0. The highest BCUT2D eigenvalue weighted by Gasteiger charge is 2.43. The van der Waals surface area contributed by atoms with Crippen molar-refractivity contribution in [2.75, 3.05) is 41.9 Å². The zero-order valence-electron chi connectivity index (χ0n) is 33.8. The predicted octanol–water partition coefficient (Wildman–Crippen LogP) is 3.37. The summed E-state index contributed by atoms with van der Waals surface area (Å²) in [4.78, 5) is 72.3. The lowest BCUT2D eigenvalue weighted by Crippen LogP contribution is -2.59. The van der Waals surface area contributed by atoms with Crippen molar-refractivity contribution in [1.29, 1.82) is 0 Å². The summed E-state index contributed by atoms with van der Waals surface area (Å²) in [6.45, 7) is 16.0. The quantitative estimate of drug-likeness (QED) is 0.161. The molecule has 53 heavy (non-hydrogen) atoms. The molecule has 4 amide bonds. The van der Waals surface area contributed by atoms with Crippen LogP contribution in [0.5, 0.6) is 0 Å². The fourth-order valence-electron chi connectivity index (χ4n) is 7.49. The van der Waals surface area contributed by atoms with Crippen LogP contribution in [-0.2, 0) is 39.9 Å². The van der Waals surface area contributed by atoms with Crippen molar-refractivity contribution in [3.8, 4) is 0 Å². The van der Waals surface area contributed by atoms with Gasteiger partial charge in [0.1, 0.15) is 12.1 Å². The summed E-state index contributed by atoms with van der Waals surface area (Å²) in [5.74, 6) is -3.37. The molecule has 1 saturated heterocycles. The van der Waals surface area contributed by atoms with Crippen molar-refractivity contribution in [2.24, 2.45) is 17.8 Å². The minimum Gasteiger partial charge on any atom is -0.480 e. The van der Waals surface area contributed by atoms with E-state index in [4.69, 9.17) is 9.47 Å². The van der Waals surface area contributed by atoms with E-state index in [0.29, 0.717) is 31.4 Å². The van der Waals surface area contributed by atoms with Gasteiger partial charge in [0.15, 0.2) is 0 Å². The van der Waals surface area contributed by atoms with E-state index in [-0.39, 0.29) is 42.4 Å². The minimum absolute atomic E-state index is 0.0212. The Morgan fingerprint density at radius 1 is 0.925 bits per heavy atom. The highest BCUT2D eigenvalue weighted by atomic mass is 16.5. The number of hydrogen-bond donors (Lipinski definition) is 3. The zero-order chi connectivity index (χ0) is 40.2. The lowest BCUT2D eigenvalue weighted by Gasteiger charge is -2.39. The van der Waals surface area contributed by atoms with Gasteiger partial charge in [-0.1, -0.05) is 84.0 Å². The van der Waals surface area contributed by atoms with Crippen LogP contribution in [0, 0.1) is 17.8 Å². The number of amides is 4. The van der Waals surface area contributed by atoms with Gasteiger partial charge in [-0.05, 0) is 50.8 Å². The first-order chi connectivity index (χ1) is 24.9. The Bertz CT molecular complexity index is 1380. The number of nitrogens with zero attached hydrogens (tertiary/aromatic N) is 3. The number of ether oxygens (including phenoxy) is 2. The van der Waals surface area contributed by atoms with Gasteiger partial charge < -0.3 is 35.0 Å². The molecular weight excluding hydrogens is 678 g/mol. The average Bonchev–Trinajstić information content (AvgIpc) is 3.59. The first-order valence-electron chi connectivity index (χ1n) is 18.7. The molecule has 3 N–H and O–H groups in total. The average molecular weight is 744 g/mol. The molecule has 2 rings (SSSR count). The van der Waals surface area contributed by atoms with Crippen molar-refractivity contribution in [3.05, 3.63) is 48.0 Å². The summed E-state index contributed by atoms with van der Waals surface area (Å²) in [6.07, 6.45) is 0.405. The third-order valence-electron chi connectivity index (χ3n) is 10.4. The van der Waals surface area contributed by atoms with Crippen LogP contribution >= 0.6 is 0 Å². The molecule has 1 aromatic rings. The van der Waals surface area contributed by atoms with E-state index >= 15 is 0 Å². The summed E-state index contributed by atoms with van der Waals surface area (Å²) in [6, 6.07) is 5.58. The van der Waals surface area contributed by atoms with Gasteiger partial charge in [-0.15, -0.1) is 0 Å². The van der Waals surface area contributed by atoms with Crippen molar-refractivity contribution in [1.82, 2.24) is 25.3 Å². The Morgan fingerprint density at radius 2 is 1.55 bits per heavy atom. The molecule has 13 nitrogen and oxygen atoms in total. The number of carboxylic acids is 1. The predicted molar refractivity (Wildman–Crippen MR) is 205 cm³/mol. The molecule has 1 heterocycles. The van der Waals surface area contributed by atoms with Gasteiger partial charge in [0.05, 0.1) is 42.7 Å². The molecule has 0 aliphatic carbocycles. The number of methoxy groups -OCH3 is 2. The zero-order valence-corrected chi connectivity index (χ0v) is 33.8. The maximum Gasteiger partial charge on any atom is 0.326 e. The van der Waals surface area contributed by atoms with Gasteiger partial charge in [-0.25, -0.2) is 4.79 Å². The highest BCUT2D eigenvalue weighted by molar-refractivity contribution is 5.90. The van der Waals surface area contributed by atoms with Crippen molar-refractivity contribution >= 4 is 29.6 Å². The van der Waals surface area contributed by atoms with Crippen LogP contribution < -0.4 is 10.6 Å². The van der Waals surface area contributed by atoms with E-state index in [1.807, 2.05) is 83.9 Å². The molecule has 1 aromatic carbocycles. The molecule has 0 aromatic heterocycles. The van der Waals surface area contributed by atoms with E-state index in [2.05, 4.69) is 17.2 Å². The molecule has 1 aliphatic heterocycles. The second-order valence-electron chi connectivity index (χ2n) is 15.1. The van der Waals surface area contributed by atoms with Crippen LogP contribution in [0.15, 0.2) is 42.5 Å². The number of benzene rings is 1. The molecule has 298 valence electrons. The summed E-state index contributed by atoms with van der Waals surface area (Å²) < 4.78 is 11.8. The van der Waals surface area contributed by atoms with Crippen LogP contribution in [0.1, 0.15) is 72.8 Å².